The zero-order chi connectivity index (χ0) is 31.6. The van der Waals surface area contributed by atoms with Crippen LogP contribution in [0.3, 0.4) is 0 Å². The molecule has 3 nitrogen and oxygen atoms in total. The van der Waals surface area contributed by atoms with Gasteiger partial charge in [-0.05, 0) is 91.6 Å². The summed E-state index contributed by atoms with van der Waals surface area (Å²) in [6.45, 7) is 0. The molecule has 0 radical (unpaired) electrons. The summed E-state index contributed by atoms with van der Waals surface area (Å²) in [6.07, 6.45) is 0. The lowest BCUT2D eigenvalue weighted by atomic mass is 9.95. The monoisotopic (exact) mass is 612 g/mol. The lowest BCUT2D eigenvalue weighted by Gasteiger charge is -2.26. The van der Waals surface area contributed by atoms with Crippen molar-refractivity contribution in [2.45, 2.75) is 0 Å². The number of hydrogen-bond donors (Lipinski definition) is 0. The largest absolute Gasteiger partial charge is 0.435 e. The van der Waals surface area contributed by atoms with Crippen molar-refractivity contribution in [2.24, 2.45) is 0 Å². The molecule has 224 valence electrons. The van der Waals surface area contributed by atoms with Crippen LogP contribution in [-0.4, -0.2) is 4.98 Å². The summed E-state index contributed by atoms with van der Waals surface area (Å²) in [7, 11) is 0. The number of fused-ring (bicyclic) bond motifs is 11. The van der Waals surface area contributed by atoms with Gasteiger partial charge in [0.25, 0.3) is 0 Å². The molecular weight excluding hydrogens is 585 g/mol. The van der Waals surface area contributed by atoms with Gasteiger partial charge in [-0.25, -0.2) is 4.98 Å². The van der Waals surface area contributed by atoms with Gasteiger partial charge in [0.1, 0.15) is 5.52 Å². The van der Waals surface area contributed by atoms with Gasteiger partial charge in [0.05, 0.1) is 0 Å². The van der Waals surface area contributed by atoms with Crippen LogP contribution in [0.5, 0.6) is 0 Å². The fraction of sp³-hybridized carbons (Fsp3) is 0. The number of nitrogens with zero attached hydrogens (tertiary/aromatic N) is 2. The van der Waals surface area contributed by atoms with Gasteiger partial charge in [0.15, 0.2) is 5.58 Å². The first-order chi connectivity index (χ1) is 23.8. The summed E-state index contributed by atoms with van der Waals surface area (Å²) in [6, 6.07) is 60.4. The van der Waals surface area contributed by atoms with Crippen LogP contribution < -0.4 is 4.90 Å². The summed E-state index contributed by atoms with van der Waals surface area (Å²) in [5.74, 6) is 0.631. The van der Waals surface area contributed by atoms with Gasteiger partial charge in [-0.15, -0.1) is 0 Å². The molecule has 0 bridgehead atoms. The average Bonchev–Trinajstić information content (AvgIpc) is 3.61. The van der Waals surface area contributed by atoms with Crippen LogP contribution in [0.4, 0.5) is 17.1 Å². The highest BCUT2D eigenvalue weighted by molar-refractivity contribution is 6.29. The van der Waals surface area contributed by atoms with E-state index in [4.69, 9.17) is 9.40 Å². The van der Waals surface area contributed by atoms with Crippen molar-refractivity contribution in [3.05, 3.63) is 170 Å². The maximum absolute atomic E-state index is 6.59. The highest BCUT2D eigenvalue weighted by Crippen LogP contribution is 2.43. The van der Waals surface area contributed by atoms with Crippen LogP contribution in [0.2, 0.25) is 0 Å². The lowest BCUT2D eigenvalue weighted by Crippen LogP contribution is -2.09. The number of aromatic nitrogens is 1. The Hall–Kier alpha value is -6.45. The molecule has 0 aliphatic rings. The minimum atomic E-state index is 0.631. The van der Waals surface area contributed by atoms with Crippen LogP contribution in [0, 0.1) is 0 Å². The summed E-state index contributed by atoms with van der Waals surface area (Å²) in [4.78, 5) is 7.53. The van der Waals surface area contributed by atoms with Crippen LogP contribution in [-0.2, 0) is 0 Å². The second-order valence-corrected chi connectivity index (χ2v) is 12.4. The summed E-state index contributed by atoms with van der Waals surface area (Å²) >= 11 is 0. The van der Waals surface area contributed by atoms with Crippen LogP contribution >= 0.6 is 0 Å². The Balaban J connectivity index is 1.25. The minimum absolute atomic E-state index is 0.631. The molecule has 0 atom stereocenters. The Morgan fingerprint density at radius 1 is 0.396 bits per heavy atom. The van der Waals surface area contributed by atoms with Crippen LogP contribution in [0.25, 0.3) is 76.4 Å². The molecule has 0 amide bonds. The van der Waals surface area contributed by atoms with E-state index in [1.165, 1.54) is 26.9 Å². The van der Waals surface area contributed by atoms with Gasteiger partial charge in [-0.1, -0.05) is 121 Å². The number of anilines is 3. The molecule has 0 unspecified atom stereocenters. The number of benzene rings is 9. The molecule has 0 N–H and O–H groups in total. The molecular formula is C45H28N2O. The summed E-state index contributed by atoms with van der Waals surface area (Å²) < 4.78 is 6.59. The van der Waals surface area contributed by atoms with Gasteiger partial charge in [-0.3, -0.25) is 0 Å². The van der Waals surface area contributed by atoms with E-state index in [1.807, 2.05) is 18.2 Å². The quantitative estimate of drug-likeness (QED) is 0.185. The van der Waals surface area contributed by atoms with E-state index in [2.05, 4.69) is 157 Å². The SMILES string of the molecule is c1ccc(-c2nc3c(o2)c2ccccc2c2ccc4ccc(N(c5ccccc5)c5ccc6c(ccc7ccccc76)c5)cc4c23)cc1. The first-order valence-corrected chi connectivity index (χ1v) is 16.3. The van der Waals surface area contributed by atoms with Crippen LogP contribution in [0.1, 0.15) is 0 Å². The lowest BCUT2D eigenvalue weighted by molar-refractivity contribution is 0.623. The highest BCUT2D eigenvalue weighted by atomic mass is 16.3. The highest BCUT2D eigenvalue weighted by Gasteiger charge is 2.20. The predicted octanol–water partition coefficient (Wildman–Crippen LogP) is 12.7. The Morgan fingerprint density at radius 3 is 1.83 bits per heavy atom. The van der Waals surface area contributed by atoms with Crippen molar-refractivity contribution in [1.82, 2.24) is 4.98 Å². The minimum Gasteiger partial charge on any atom is -0.435 e. The summed E-state index contributed by atoms with van der Waals surface area (Å²) in [5.41, 5.74) is 5.94. The smallest absolute Gasteiger partial charge is 0.227 e. The molecule has 10 aromatic rings. The fourth-order valence-corrected chi connectivity index (χ4v) is 7.38. The van der Waals surface area contributed by atoms with E-state index in [9.17, 15) is 0 Å². The standard InChI is InChI=1S/C45H28N2O/c1-3-12-31(13-4-1)45-46-43-42-39(38-17-9-10-18-40(38)44(43)48-45)25-22-30-21-23-35(28-41(30)42)47(33-14-5-2-6-15-33)34-24-26-37-32(27-34)20-19-29-11-7-8-16-36(29)37/h1-28H. The second kappa shape index (κ2) is 10.5. The van der Waals surface area contributed by atoms with Gasteiger partial charge >= 0.3 is 0 Å². The van der Waals surface area contributed by atoms with E-state index in [1.54, 1.807) is 0 Å². The zero-order valence-electron chi connectivity index (χ0n) is 26.0. The van der Waals surface area contributed by atoms with Crippen molar-refractivity contribution in [3.63, 3.8) is 0 Å². The number of hydrogen-bond acceptors (Lipinski definition) is 3. The van der Waals surface area contributed by atoms with Gasteiger partial charge in [0.2, 0.25) is 5.89 Å². The maximum atomic E-state index is 6.59. The molecule has 9 aromatic carbocycles. The third-order valence-electron chi connectivity index (χ3n) is 9.61. The molecule has 0 aliphatic heterocycles. The fourth-order valence-electron chi connectivity index (χ4n) is 7.38. The van der Waals surface area contributed by atoms with Gasteiger partial charge < -0.3 is 9.32 Å². The molecule has 10 rings (SSSR count). The molecule has 3 heteroatoms. The average molecular weight is 613 g/mol. The maximum Gasteiger partial charge on any atom is 0.227 e. The number of para-hydroxylation sites is 1. The number of oxazole rings is 1. The van der Waals surface area contributed by atoms with E-state index in [0.29, 0.717) is 5.89 Å². The third-order valence-corrected chi connectivity index (χ3v) is 9.61. The van der Waals surface area contributed by atoms with Crippen molar-refractivity contribution in [1.29, 1.82) is 0 Å². The van der Waals surface area contributed by atoms with Crippen molar-refractivity contribution >= 4 is 82.0 Å². The van der Waals surface area contributed by atoms with Gasteiger partial charge in [0, 0.05) is 33.4 Å². The number of rotatable bonds is 4. The van der Waals surface area contributed by atoms with E-state index in [-0.39, 0.29) is 0 Å². The summed E-state index contributed by atoms with van der Waals surface area (Å²) in [5, 5.41) is 11.8. The van der Waals surface area contributed by atoms with Crippen molar-refractivity contribution in [3.8, 4) is 11.5 Å². The molecule has 0 spiro atoms. The first kappa shape index (κ1) is 26.7. The molecule has 1 aromatic heterocycles. The molecule has 0 aliphatic carbocycles. The van der Waals surface area contributed by atoms with Crippen LogP contribution in [0.15, 0.2) is 174 Å². The molecule has 48 heavy (non-hydrogen) atoms. The Bertz CT molecular complexity index is 2840. The van der Waals surface area contributed by atoms with E-state index < -0.39 is 0 Å². The Kier molecular flexibility index (Phi) is 5.87. The molecule has 0 saturated carbocycles. The van der Waals surface area contributed by atoms with Gasteiger partial charge in [-0.2, -0.15) is 0 Å². The van der Waals surface area contributed by atoms with E-state index >= 15 is 0 Å². The van der Waals surface area contributed by atoms with Crippen molar-refractivity contribution < 1.29 is 4.42 Å². The zero-order valence-corrected chi connectivity index (χ0v) is 26.0. The van der Waals surface area contributed by atoms with Crippen molar-refractivity contribution in [2.75, 3.05) is 4.90 Å². The predicted molar refractivity (Wildman–Crippen MR) is 202 cm³/mol. The molecule has 1 heterocycles. The van der Waals surface area contributed by atoms with E-state index in [0.717, 1.165) is 60.7 Å². The molecule has 0 fully saturated rings. The Morgan fingerprint density at radius 2 is 0.979 bits per heavy atom. The Labute approximate surface area is 276 Å². The second-order valence-electron chi connectivity index (χ2n) is 12.4. The molecule has 0 saturated heterocycles. The third kappa shape index (κ3) is 4.11. The first-order valence-electron chi connectivity index (χ1n) is 16.3. The topological polar surface area (TPSA) is 29.3 Å². The normalized spacial score (nSPS) is 11.8.